The number of aliphatic carboxylic acids is 1. The summed E-state index contributed by atoms with van der Waals surface area (Å²) in [7, 11) is 0. The van der Waals surface area contributed by atoms with E-state index in [0.29, 0.717) is 4.88 Å². The Kier molecular flexibility index (Phi) is 5.95. The zero-order chi connectivity index (χ0) is 12.7. The average molecular weight is 315 g/mol. The number of rotatable bonds is 5. The van der Waals surface area contributed by atoms with Crippen molar-refractivity contribution in [1.29, 1.82) is 0 Å². The molecule has 0 bridgehead atoms. The molecular formula is C12H11BrO3S. The van der Waals surface area contributed by atoms with Gasteiger partial charge in [-0.05, 0) is 12.1 Å². The van der Waals surface area contributed by atoms with Crippen LogP contribution in [0.1, 0.15) is 33.8 Å². The van der Waals surface area contributed by atoms with Crippen molar-refractivity contribution in [2.24, 2.45) is 0 Å². The first-order valence-electron chi connectivity index (χ1n) is 5.03. The number of hydrogen-bond acceptors (Lipinski definition) is 3. The van der Waals surface area contributed by atoms with Crippen LogP contribution in [0.5, 0.6) is 0 Å². The van der Waals surface area contributed by atoms with Crippen LogP contribution in [0, 0.1) is 11.8 Å². The number of carbonyl (C=O) groups is 2. The molecule has 3 nitrogen and oxygen atoms in total. The first-order valence-corrected chi connectivity index (χ1v) is 6.97. The topological polar surface area (TPSA) is 54.4 Å². The molecule has 0 aliphatic rings. The number of halogens is 1. The van der Waals surface area contributed by atoms with Gasteiger partial charge in [-0.25, -0.2) is 0 Å². The third kappa shape index (κ3) is 5.16. The van der Waals surface area contributed by atoms with Crippen molar-refractivity contribution in [3.05, 3.63) is 21.9 Å². The summed E-state index contributed by atoms with van der Waals surface area (Å²) in [6.07, 6.45) is 0.686. The Morgan fingerprint density at radius 1 is 1.35 bits per heavy atom. The molecule has 0 saturated heterocycles. The third-order valence-corrected chi connectivity index (χ3v) is 3.32. The zero-order valence-corrected chi connectivity index (χ0v) is 11.4. The van der Waals surface area contributed by atoms with Crippen molar-refractivity contribution < 1.29 is 14.7 Å². The predicted octanol–water partition coefficient (Wildman–Crippen LogP) is 2.93. The van der Waals surface area contributed by atoms with E-state index in [1.165, 1.54) is 11.3 Å². The third-order valence-electron chi connectivity index (χ3n) is 1.88. The van der Waals surface area contributed by atoms with Gasteiger partial charge in [-0.1, -0.05) is 27.8 Å². The van der Waals surface area contributed by atoms with Gasteiger partial charge in [0.1, 0.15) is 0 Å². The summed E-state index contributed by atoms with van der Waals surface area (Å²) in [5.74, 6) is 4.83. The number of Topliss-reactive ketones (excluding diaryl/α,β-unsaturated/α-hetero) is 1. The van der Waals surface area contributed by atoms with E-state index >= 15 is 0 Å². The number of hydrogen-bond donors (Lipinski definition) is 1. The van der Waals surface area contributed by atoms with Crippen molar-refractivity contribution in [2.75, 3.05) is 5.33 Å². The van der Waals surface area contributed by atoms with Gasteiger partial charge in [0.25, 0.3) is 0 Å². The van der Waals surface area contributed by atoms with Crippen LogP contribution in [-0.4, -0.2) is 22.2 Å². The highest BCUT2D eigenvalue weighted by atomic mass is 79.9. The number of carbonyl (C=O) groups excluding carboxylic acids is 1. The van der Waals surface area contributed by atoms with Gasteiger partial charge in [0, 0.05) is 18.2 Å². The van der Waals surface area contributed by atoms with Crippen molar-refractivity contribution in [3.63, 3.8) is 0 Å². The number of carboxylic acid groups (broad SMARTS) is 1. The lowest BCUT2D eigenvalue weighted by molar-refractivity contribution is -0.136. The standard InChI is InChI=1S/C12H11BrO3S/c13-8-2-1-3-9-4-6-11(17-9)10(14)5-7-12(15)16/h4,6H,2,5,7-8H2,(H,15,16). The summed E-state index contributed by atoms with van der Waals surface area (Å²) in [6.45, 7) is 0. The minimum Gasteiger partial charge on any atom is -0.481 e. The zero-order valence-electron chi connectivity index (χ0n) is 9.03. The second kappa shape index (κ2) is 7.25. The summed E-state index contributed by atoms with van der Waals surface area (Å²) in [4.78, 5) is 23.3. The van der Waals surface area contributed by atoms with Crippen LogP contribution in [0.15, 0.2) is 12.1 Å². The molecule has 0 amide bonds. The van der Waals surface area contributed by atoms with Gasteiger partial charge in [0.2, 0.25) is 0 Å². The molecule has 0 radical (unpaired) electrons. The molecule has 0 aliphatic carbocycles. The molecule has 0 aliphatic heterocycles. The van der Waals surface area contributed by atoms with Crippen LogP contribution in [-0.2, 0) is 4.79 Å². The lowest BCUT2D eigenvalue weighted by Gasteiger charge is -1.93. The number of carboxylic acids is 1. The highest BCUT2D eigenvalue weighted by Crippen LogP contribution is 2.17. The van der Waals surface area contributed by atoms with Gasteiger partial charge in [0.05, 0.1) is 16.2 Å². The largest absolute Gasteiger partial charge is 0.481 e. The molecule has 0 atom stereocenters. The molecule has 1 aromatic rings. The molecule has 17 heavy (non-hydrogen) atoms. The Bertz CT molecular complexity index is 468. The molecule has 0 spiro atoms. The first-order chi connectivity index (χ1) is 8.13. The maximum Gasteiger partial charge on any atom is 0.303 e. The summed E-state index contributed by atoms with van der Waals surface area (Å²) < 4.78 is 0. The van der Waals surface area contributed by atoms with E-state index in [9.17, 15) is 9.59 Å². The number of alkyl halides is 1. The molecule has 1 aromatic heterocycles. The average Bonchev–Trinajstić information content (AvgIpc) is 2.75. The lowest BCUT2D eigenvalue weighted by atomic mass is 10.2. The molecule has 1 rings (SSSR count). The Balaban J connectivity index is 2.59. The second-order valence-electron chi connectivity index (χ2n) is 3.22. The van der Waals surface area contributed by atoms with Crippen LogP contribution >= 0.6 is 27.3 Å². The maximum atomic E-state index is 11.6. The maximum absolute atomic E-state index is 11.6. The minimum atomic E-state index is -0.952. The SMILES string of the molecule is O=C(O)CCC(=O)c1ccc(C#CCCBr)s1. The summed E-state index contributed by atoms with van der Waals surface area (Å²) in [5, 5.41) is 9.31. The van der Waals surface area contributed by atoms with Crippen LogP contribution in [0.3, 0.4) is 0 Å². The minimum absolute atomic E-state index is 0.0457. The molecule has 1 N–H and O–H groups in total. The van der Waals surface area contributed by atoms with E-state index in [0.717, 1.165) is 16.6 Å². The van der Waals surface area contributed by atoms with Crippen LogP contribution in [0.25, 0.3) is 0 Å². The van der Waals surface area contributed by atoms with E-state index < -0.39 is 5.97 Å². The molecule has 1 heterocycles. The van der Waals surface area contributed by atoms with E-state index in [2.05, 4.69) is 27.8 Å². The number of thiophene rings is 1. The quantitative estimate of drug-likeness (QED) is 0.516. The summed E-state index contributed by atoms with van der Waals surface area (Å²) >= 11 is 4.59. The monoisotopic (exact) mass is 314 g/mol. The van der Waals surface area contributed by atoms with Crippen molar-refractivity contribution >= 4 is 39.0 Å². The Hall–Kier alpha value is -1.12. The molecule has 0 saturated carbocycles. The Morgan fingerprint density at radius 2 is 2.12 bits per heavy atom. The molecule has 0 unspecified atom stereocenters. The molecule has 0 fully saturated rings. The first kappa shape index (κ1) is 13.9. The molecule has 90 valence electrons. The van der Waals surface area contributed by atoms with E-state index in [4.69, 9.17) is 5.11 Å². The molecular weight excluding hydrogens is 304 g/mol. The van der Waals surface area contributed by atoms with Gasteiger partial charge in [-0.3, -0.25) is 9.59 Å². The molecule has 5 heteroatoms. The van der Waals surface area contributed by atoms with E-state index in [-0.39, 0.29) is 18.6 Å². The van der Waals surface area contributed by atoms with E-state index in [1.54, 1.807) is 12.1 Å². The summed E-state index contributed by atoms with van der Waals surface area (Å²) in [6, 6.07) is 3.49. The smallest absolute Gasteiger partial charge is 0.303 e. The van der Waals surface area contributed by atoms with Gasteiger partial charge >= 0.3 is 5.97 Å². The summed E-state index contributed by atoms with van der Waals surface area (Å²) in [5.41, 5.74) is 0. The van der Waals surface area contributed by atoms with Crippen LogP contribution in [0.2, 0.25) is 0 Å². The van der Waals surface area contributed by atoms with Crippen LogP contribution < -0.4 is 0 Å². The highest BCUT2D eigenvalue weighted by molar-refractivity contribution is 9.09. The lowest BCUT2D eigenvalue weighted by Crippen LogP contribution is -2.01. The van der Waals surface area contributed by atoms with Gasteiger partial charge in [-0.2, -0.15) is 0 Å². The predicted molar refractivity (Wildman–Crippen MR) is 70.8 cm³/mol. The van der Waals surface area contributed by atoms with Crippen molar-refractivity contribution in [2.45, 2.75) is 19.3 Å². The Morgan fingerprint density at radius 3 is 2.76 bits per heavy atom. The van der Waals surface area contributed by atoms with Crippen LogP contribution in [0.4, 0.5) is 0 Å². The van der Waals surface area contributed by atoms with E-state index in [1.807, 2.05) is 0 Å². The second-order valence-corrected chi connectivity index (χ2v) is 5.10. The van der Waals surface area contributed by atoms with Gasteiger partial charge in [0.15, 0.2) is 5.78 Å². The fourth-order valence-electron chi connectivity index (χ4n) is 1.10. The van der Waals surface area contributed by atoms with Crippen molar-refractivity contribution in [1.82, 2.24) is 0 Å². The Labute approximate surface area is 112 Å². The normalized spacial score (nSPS) is 9.47. The fraction of sp³-hybridized carbons (Fsp3) is 0.333. The number of ketones is 1. The molecule has 0 aromatic carbocycles. The van der Waals surface area contributed by atoms with Crippen molar-refractivity contribution in [3.8, 4) is 11.8 Å². The van der Waals surface area contributed by atoms with Gasteiger partial charge < -0.3 is 5.11 Å². The highest BCUT2D eigenvalue weighted by Gasteiger charge is 2.10. The fourth-order valence-corrected chi connectivity index (χ4v) is 2.14. The van der Waals surface area contributed by atoms with Gasteiger partial charge in [-0.15, -0.1) is 11.3 Å².